The van der Waals surface area contributed by atoms with Gasteiger partial charge in [0.25, 0.3) is 5.69 Å². The first-order valence-electron chi connectivity index (χ1n) is 6.18. The van der Waals surface area contributed by atoms with Gasteiger partial charge in [0.15, 0.2) is 17.0 Å². The van der Waals surface area contributed by atoms with E-state index in [0.29, 0.717) is 6.07 Å². The summed E-state index contributed by atoms with van der Waals surface area (Å²) in [5.74, 6) is -4.12. The first-order valence-corrected chi connectivity index (χ1v) is 6.18. The molecule has 0 heterocycles. The highest BCUT2D eigenvalue weighted by atomic mass is 19.1. The number of hydrogen-bond donors (Lipinski definition) is 1. The zero-order valence-corrected chi connectivity index (χ0v) is 11.5. The van der Waals surface area contributed by atoms with E-state index in [9.17, 15) is 29.2 Å². The van der Waals surface area contributed by atoms with Crippen LogP contribution in [0.5, 0.6) is 5.75 Å². The van der Waals surface area contributed by atoms with Crippen LogP contribution >= 0.6 is 0 Å². The van der Waals surface area contributed by atoms with E-state index in [4.69, 9.17) is 4.74 Å². The van der Waals surface area contributed by atoms with Crippen LogP contribution in [0.4, 0.5) is 10.1 Å². The predicted octanol–water partition coefficient (Wildman–Crippen LogP) is 2.53. The topological polar surface area (TPSA) is 107 Å². The number of carboxylic acid groups (broad SMARTS) is 1. The molecule has 1 aromatic rings. The molecule has 21 heavy (non-hydrogen) atoms. The number of rotatable bonds is 6. The fourth-order valence-corrected chi connectivity index (χ4v) is 1.81. The number of aliphatic carboxylic acids is 1. The summed E-state index contributed by atoms with van der Waals surface area (Å²) in [6.45, 7) is 3.01. The third-order valence-electron chi connectivity index (χ3n) is 3.34. The van der Waals surface area contributed by atoms with Gasteiger partial charge in [-0.05, 0) is 18.9 Å². The summed E-state index contributed by atoms with van der Waals surface area (Å²) in [7, 11) is 0. The lowest BCUT2D eigenvalue weighted by molar-refractivity contribution is -0.385. The molecule has 1 N–H and O–H groups in total. The van der Waals surface area contributed by atoms with Gasteiger partial charge in [-0.2, -0.15) is 0 Å². The van der Waals surface area contributed by atoms with Crippen molar-refractivity contribution >= 4 is 17.6 Å². The molecule has 0 aromatic heterocycles. The molecule has 8 heteroatoms. The summed E-state index contributed by atoms with van der Waals surface area (Å²) in [5, 5.41) is 19.7. The average molecular weight is 299 g/mol. The fraction of sp³-hybridized carbons (Fsp3) is 0.385. The Morgan fingerprint density at radius 2 is 1.95 bits per heavy atom. The monoisotopic (exact) mass is 299 g/mol. The highest BCUT2D eigenvalue weighted by molar-refractivity contribution is 5.99. The van der Waals surface area contributed by atoms with Crippen LogP contribution in [-0.4, -0.2) is 22.0 Å². The zero-order valence-electron chi connectivity index (χ0n) is 11.5. The maximum absolute atomic E-state index is 13.6. The number of nitro benzene ring substituents is 1. The van der Waals surface area contributed by atoms with Crippen LogP contribution < -0.4 is 4.74 Å². The zero-order chi connectivity index (χ0) is 16.2. The molecule has 1 rings (SSSR count). The van der Waals surface area contributed by atoms with E-state index in [2.05, 4.69) is 0 Å². The SMILES string of the molecule is CCC(CC)(C(=O)O)C(=O)Oc1ccc([N+](=O)[O-])cc1F. The molecule has 7 nitrogen and oxygen atoms in total. The van der Waals surface area contributed by atoms with Crippen LogP contribution in [0.2, 0.25) is 0 Å². The maximum Gasteiger partial charge on any atom is 0.328 e. The van der Waals surface area contributed by atoms with Crippen molar-refractivity contribution in [3.8, 4) is 5.75 Å². The van der Waals surface area contributed by atoms with Crippen LogP contribution in [0.1, 0.15) is 26.7 Å². The normalized spacial score (nSPS) is 11.0. The Labute approximate surface area is 119 Å². The van der Waals surface area contributed by atoms with E-state index < -0.39 is 39.5 Å². The molecule has 0 amide bonds. The summed E-state index contributed by atoms with van der Waals surface area (Å²) in [6.07, 6.45) is -0.0431. The van der Waals surface area contributed by atoms with E-state index >= 15 is 0 Å². The summed E-state index contributed by atoms with van der Waals surface area (Å²) in [6, 6.07) is 2.48. The number of carbonyl (C=O) groups is 2. The minimum atomic E-state index is -1.77. The van der Waals surface area contributed by atoms with Gasteiger partial charge in [-0.1, -0.05) is 13.8 Å². The van der Waals surface area contributed by atoms with Gasteiger partial charge >= 0.3 is 11.9 Å². The van der Waals surface area contributed by atoms with Crippen molar-refractivity contribution in [2.45, 2.75) is 26.7 Å². The van der Waals surface area contributed by atoms with Crippen LogP contribution in [0.25, 0.3) is 0 Å². The highest BCUT2D eigenvalue weighted by Crippen LogP contribution is 2.31. The van der Waals surface area contributed by atoms with E-state index in [1.54, 1.807) is 0 Å². The van der Waals surface area contributed by atoms with Crippen molar-refractivity contribution in [2.24, 2.45) is 5.41 Å². The van der Waals surface area contributed by atoms with Gasteiger partial charge in [0.05, 0.1) is 11.0 Å². The Hall–Kier alpha value is -2.51. The van der Waals surface area contributed by atoms with Crippen molar-refractivity contribution in [3.63, 3.8) is 0 Å². The quantitative estimate of drug-likeness (QED) is 0.284. The van der Waals surface area contributed by atoms with Gasteiger partial charge in [0.2, 0.25) is 0 Å². The molecule has 0 atom stereocenters. The van der Waals surface area contributed by atoms with Crippen molar-refractivity contribution in [1.29, 1.82) is 0 Å². The third-order valence-corrected chi connectivity index (χ3v) is 3.34. The van der Waals surface area contributed by atoms with Gasteiger partial charge in [-0.3, -0.25) is 19.7 Å². The second-order valence-electron chi connectivity index (χ2n) is 4.36. The molecule has 1 aromatic carbocycles. The summed E-state index contributed by atoms with van der Waals surface area (Å²) >= 11 is 0. The molecule has 0 spiro atoms. The largest absolute Gasteiger partial charge is 0.480 e. The standard InChI is InChI=1S/C13H14FNO6/c1-3-13(4-2,11(16)17)12(18)21-10-6-5-8(15(19)20)7-9(10)14/h5-7H,3-4H2,1-2H3,(H,16,17). The predicted molar refractivity (Wildman–Crippen MR) is 69.3 cm³/mol. The fourth-order valence-electron chi connectivity index (χ4n) is 1.81. The molecule has 0 aliphatic rings. The highest BCUT2D eigenvalue weighted by Gasteiger charge is 2.45. The Bertz CT molecular complexity index is 582. The Kier molecular flexibility index (Phi) is 4.96. The molecular formula is C13H14FNO6. The van der Waals surface area contributed by atoms with Gasteiger partial charge < -0.3 is 9.84 Å². The first-order chi connectivity index (χ1) is 9.78. The number of esters is 1. The number of carbonyl (C=O) groups excluding carboxylic acids is 1. The van der Waals surface area contributed by atoms with E-state index in [1.807, 2.05) is 0 Å². The number of halogens is 1. The van der Waals surface area contributed by atoms with E-state index in [1.165, 1.54) is 13.8 Å². The number of hydrogen-bond acceptors (Lipinski definition) is 5. The lowest BCUT2D eigenvalue weighted by Gasteiger charge is -2.24. The minimum absolute atomic E-state index is 0.0216. The Balaban J connectivity index is 3.08. The van der Waals surface area contributed by atoms with Crippen molar-refractivity contribution in [3.05, 3.63) is 34.1 Å². The van der Waals surface area contributed by atoms with Gasteiger partial charge in [0, 0.05) is 6.07 Å². The van der Waals surface area contributed by atoms with Crippen LogP contribution in [0.3, 0.4) is 0 Å². The number of ether oxygens (including phenoxy) is 1. The lowest BCUT2D eigenvalue weighted by Crippen LogP contribution is -2.41. The second-order valence-corrected chi connectivity index (χ2v) is 4.36. The molecule has 114 valence electrons. The molecule has 0 bridgehead atoms. The molecule has 0 unspecified atom stereocenters. The number of carboxylic acids is 1. The Morgan fingerprint density at radius 1 is 1.38 bits per heavy atom. The van der Waals surface area contributed by atoms with Crippen molar-refractivity contribution in [2.75, 3.05) is 0 Å². The summed E-state index contributed by atoms with van der Waals surface area (Å²) < 4.78 is 18.4. The number of nitrogens with zero attached hydrogens (tertiary/aromatic N) is 1. The molecule has 0 radical (unpaired) electrons. The number of non-ortho nitro benzene ring substituents is 1. The smallest absolute Gasteiger partial charge is 0.328 e. The van der Waals surface area contributed by atoms with Crippen LogP contribution in [0, 0.1) is 21.3 Å². The summed E-state index contributed by atoms with van der Waals surface area (Å²) in [4.78, 5) is 32.9. The second kappa shape index (κ2) is 6.29. The van der Waals surface area contributed by atoms with E-state index in [-0.39, 0.29) is 12.8 Å². The van der Waals surface area contributed by atoms with E-state index in [0.717, 1.165) is 12.1 Å². The number of nitro groups is 1. The van der Waals surface area contributed by atoms with Gasteiger partial charge in [0.1, 0.15) is 0 Å². The third kappa shape index (κ3) is 3.15. The lowest BCUT2D eigenvalue weighted by atomic mass is 9.82. The molecule has 0 saturated carbocycles. The van der Waals surface area contributed by atoms with Gasteiger partial charge in [-0.25, -0.2) is 4.39 Å². The Morgan fingerprint density at radius 3 is 2.33 bits per heavy atom. The van der Waals surface area contributed by atoms with Crippen molar-refractivity contribution < 1.29 is 28.7 Å². The van der Waals surface area contributed by atoms with Crippen molar-refractivity contribution in [1.82, 2.24) is 0 Å². The molecular weight excluding hydrogens is 285 g/mol. The minimum Gasteiger partial charge on any atom is -0.480 e. The number of benzene rings is 1. The van der Waals surface area contributed by atoms with Crippen LogP contribution in [-0.2, 0) is 9.59 Å². The molecule has 0 aliphatic carbocycles. The molecule has 0 saturated heterocycles. The average Bonchev–Trinajstić information content (AvgIpc) is 2.42. The van der Waals surface area contributed by atoms with Crippen LogP contribution in [0.15, 0.2) is 18.2 Å². The molecule has 0 aliphatic heterocycles. The molecule has 0 fully saturated rings. The first kappa shape index (κ1) is 16.5. The maximum atomic E-state index is 13.6. The van der Waals surface area contributed by atoms with Gasteiger partial charge in [-0.15, -0.1) is 0 Å². The summed E-state index contributed by atoms with van der Waals surface area (Å²) in [5.41, 5.74) is -2.27.